The molecular weight excluding hydrogens is 253 g/mol. The van der Waals surface area contributed by atoms with Gasteiger partial charge in [0, 0.05) is 18.7 Å². The maximum absolute atomic E-state index is 9.29. The zero-order valence-electron chi connectivity index (χ0n) is 12.5. The molecule has 1 aliphatic rings. The summed E-state index contributed by atoms with van der Waals surface area (Å²) in [6, 6.07) is 5.32. The molecule has 0 bridgehead atoms. The van der Waals surface area contributed by atoms with Crippen LogP contribution in [-0.4, -0.2) is 42.3 Å². The number of methoxy groups -OCH3 is 1. The first-order valence-corrected chi connectivity index (χ1v) is 7.26. The summed E-state index contributed by atoms with van der Waals surface area (Å²) in [5, 5.41) is 18.6. The van der Waals surface area contributed by atoms with E-state index in [1.807, 2.05) is 6.07 Å². The minimum Gasteiger partial charge on any atom is -0.496 e. The van der Waals surface area contributed by atoms with Crippen molar-refractivity contribution < 1.29 is 14.8 Å². The van der Waals surface area contributed by atoms with Gasteiger partial charge in [0.15, 0.2) is 0 Å². The number of likely N-dealkylation sites (tertiary alicyclic amines) is 1. The summed E-state index contributed by atoms with van der Waals surface area (Å²) in [7, 11) is 0.219. The fraction of sp³-hybridized carbons (Fsp3) is 0.600. The molecule has 20 heavy (non-hydrogen) atoms. The molecule has 1 fully saturated rings. The minimum absolute atomic E-state index is 0.514. The summed E-state index contributed by atoms with van der Waals surface area (Å²) < 4.78 is 5.37. The van der Waals surface area contributed by atoms with Gasteiger partial charge in [-0.1, -0.05) is 26.0 Å². The summed E-state index contributed by atoms with van der Waals surface area (Å²) >= 11 is 0. The first-order valence-electron chi connectivity index (χ1n) is 7.26. The van der Waals surface area contributed by atoms with Gasteiger partial charge in [-0.2, -0.15) is 0 Å². The molecule has 1 aromatic rings. The van der Waals surface area contributed by atoms with Crippen molar-refractivity contribution in [2.45, 2.75) is 26.8 Å². The van der Waals surface area contributed by atoms with Crippen LogP contribution in [0.2, 0.25) is 0 Å². The van der Waals surface area contributed by atoms with Crippen LogP contribution in [0.25, 0.3) is 0 Å². The van der Waals surface area contributed by atoms with Gasteiger partial charge in [0.25, 0.3) is 0 Å². The van der Waals surface area contributed by atoms with Gasteiger partial charge in [-0.3, -0.25) is 4.90 Å². The van der Waals surface area contributed by atoms with Crippen molar-refractivity contribution in [3.05, 3.63) is 23.8 Å². The van der Waals surface area contributed by atoms with Crippen LogP contribution < -0.4 is 10.2 Å². The van der Waals surface area contributed by atoms with Crippen LogP contribution in [0, 0.1) is 11.8 Å². The minimum atomic E-state index is -1.43. The lowest BCUT2D eigenvalue weighted by Crippen LogP contribution is -2.31. The fourth-order valence-corrected chi connectivity index (χ4v) is 2.87. The van der Waals surface area contributed by atoms with Gasteiger partial charge in [-0.05, 0) is 36.3 Å². The van der Waals surface area contributed by atoms with Gasteiger partial charge >= 0.3 is 7.12 Å². The maximum Gasteiger partial charge on any atom is 0.488 e. The van der Waals surface area contributed by atoms with E-state index in [1.165, 1.54) is 6.42 Å². The molecule has 1 saturated heterocycles. The third-order valence-electron chi connectivity index (χ3n) is 4.25. The maximum atomic E-state index is 9.29. The third-order valence-corrected chi connectivity index (χ3v) is 4.25. The van der Waals surface area contributed by atoms with Crippen LogP contribution in [0.5, 0.6) is 5.75 Å². The van der Waals surface area contributed by atoms with E-state index in [0.717, 1.165) is 36.9 Å². The van der Waals surface area contributed by atoms with Crippen LogP contribution >= 0.6 is 0 Å². The van der Waals surface area contributed by atoms with Gasteiger partial charge in [0.2, 0.25) is 0 Å². The van der Waals surface area contributed by atoms with Gasteiger partial charge in [0.05, 0.1) is 7.11 Å². The second-order valence-corrected chi connectivity index (χ2v) is 5.97. The molecule has 2 rings (SSSR count). The Morgan fingerprint density at radius 1 is 1.40 bits per heavy atom. The third kappa shape index (κ3) is 3.54. The smallest absolute Gasteiger partial charge is 0.488 e. The molecule has 1 heterocycles. The predicted molar refractivity (Wildman–Crippen MR) is 81.0 cm³/mol. The molecular formula is C15H24BNO3. The highest BCUT2D eigenvalue weighted by atomic mass is 16.5. The molecule has 1 aliphatic heterocycles. The lowest BCUT2D eigenvalue weighted by atomic mass is 9.79. The van der Waals surface area contributed by atoms with E-state index in [9.17, 15) is 10.0 Å². The van der Waals surface area contributed by atoms with Crippen molar-refractivity contribution in [2.75, 3.05) is 20.2 Å². The van der Waals surface area contributed by atoms with E-state index in [0.29, 0.717) is 11.4 Å². The summed E-state index contributed by atoms with van der Waals surface area (Å²) in [5.41, 5.74) is 1.53. The molecule has 110 valence electrons. The Morgan fingerprint density at radius 3 is 2.70 bits per heavy atom. The highest BCUT2D eigenvalue weighted by Gasteiger charge is 2.25. The normalized spacial score (nSPS) is 19.6. The van der Waals surface area contributed by atoms with Crippen molar-refractivity contribution in [3.63, 3.8) is 0 Å². The Balaban J connectivity index is 2.10. The van der Waals surface area contributed by atoms with Crippen molar-refractivity contribution >= 4 is 12.6 Å². The number of nitrogens with zero attached hydrogens (tertiary/aromatic N) is 1. The van der Waals surface area contributed by atoms with Crippen LogP contribution in [0.15, 0.2) is 18.2 Å². The monoisotopic (exact) mass is 277 g/mol. The molecule has 0 spiro atoms. The van der Waals surface area contributed by atoms with Crippen molar-refractivity contribution in [2.24, 2.45) is 11.8 Å². The molecule has 5 heteroatoms. The lowest BCUT2D eigenvalue weighted by Gasteiger charge is -2.19. The van der Waals surface area contributed by atoms with Crippen LogP contribution in [0.3, 0.4) is 0 Å². The molecule has 2 N–H and O–H groups in total. The lowest BCUT2D eigenvalue weighted by molar-refractivity contribution is 0.291. The fourth-order valence-electron chi connectivity index (χ4n) is 2.87. The van der Waals surface area contributed by atoms with Gasteiger partial charge in [-0.25, -0.2) is 0 Å². The molecule has 0 aromatic heterocycles. The molecule has 4 nitrogen and oxygen atoms in total. The SMILES string of the molecule is COc1ccc(B(O)O)cc1CN1CCC(C(C)C)C1. The summed E-state index contributed by atoms with van der Waals surface area (Å²) in [6.45, 7) is 7.55. The van der Waals surface area contributed by atoms with E-state index in [1.54, 1.807) is 19.2 Å². The first kappa shape index (κ1) is 15.4. The average molecular weight is 277 g/mol. The second kappa shape index (κ2) is 6.61. The average Bonchev–Trinajstić information content (AvgIpc) is 2.87. The molecule has 0 radical (unpaired) electrons. The number of rotatable bonds is 5. The molecule has 0 saturated carbocycles. The predicted octanol–water partition coefficient (Wildman–Crippen LogP) is 0.853. The topological polar surface area (TPSA) is 52.9 Å². The van der Waals surface area contributed by atoms with E-state index >= 15 is 0 Å². The van der Waals surface area contributed by atoms with E-state index in [2.05, 4.69) is 18.7 Å². The summed E-state index contributed by atoms with van der Waals surface area (Å²) in [4.78, 5) is 2.41. The Labute approximate surface area is 121 Å². The Kier molecular flexibility index (Phi) is 5.08. The summed E-state index contributed by atoms with van der Waals surface area (Å²) in [5.74, 6) is 2.28. The quantitative estimate of drug-likeness (QED) is 0.784. The Hall–Kier alpha value is -1.04. The van der Waals surface area contributed by atoms with Crippen LogP contribution in [0.4, 0.5) is 0 Å². The molecule has 1 aromatic carbocycles. The zero-order chi connectivity index (χ0) is 14.7. The van der Waals surface area contributed by atoms with Gasteiger partial charge in [0.1, 0.15) is 5.75 Å². The standard InChI is InChI=1S/C15H24BNO3/c1-11(2)12-6-7-17(9-12)10-13-8-14(16(18)19)4-5-15(13)20-3/h4-5,8,11-12,18-19H,6-7,9-10H2,1-3H3. The first-order chi connectivity index (χ1) is 9.51. The largest absolute Gasteiger partial charge is 0.496 e. The van der Waals surface area contributed by atoms with Crippen molar-refractivity contribution in [3.8, 4) is 5.75 Å². The molecule has 1 atom stereocenters. The highest BCUT2D eigenvalue weighted by molar-refractivity contribution is 6.58. The van der Waals surface area contributed by atoms with E-state index in [4.69, 9.17) is 4.74 Å². The molecule has 1 unspecified atom stereocenters. The van der Waals surface area contributed by atoms with Gasteiger partial charge in [-0.15, -0.1) is 0 Å². The number of hydrogen-bond donors (Lipinski definition) is 2. The Bertz CT molecular complexity index is 451. The zero-order valence-corrected chi connectivity index (χ0v) is 12.5. The second-order valence-electron chi connectivity index (χ2n) is 5.97. The summed E-state index contributed by atoms with van der Waals surface area (Å²) in [6.07, 6.45) is 1.24. The van der Waals surface area contributed by atoms with E-state index in [-0.39, 0.29) is 0 Å². The number of benzene rings is 1. The van der Waals surface area contributed by atoms with Crippen molar-refractivity contribution in [1.82, 2.24) is 4.90 Å². The van der Waals surface area contributed by atoms with Gasteiger partial charge < -0.3 is 14.8 Å². The van der Waals surface area contributed by atoms with Crippen LogP contribution in [-0.2, 0) is 6.54 Å². The molecule has 0 amide bonds. The van der Waals surface area contributed by atoms with E-state index < -0.39 is 7.12 Å². The number of ether oxygens (including phenoxy) is 1. The number of hydrogen-bond acceptors (Lipinski definition) is 4. The Morgan fingerprint density at radius 2 is 2.15 bits per heavy atom. The molecule has 0 aliphatic carbocycles. The van der Waals surface area contributed by atoms with Crippen molar-refractivity contribution in [1.29, 1.82) is 0 Å². The van der Waals surface area contributed by atoms with Crippen LogP contribution in [0.1, 0.15) is 25.8 Å². The highest BCUT2D eigenvalue weighted by Crippen LogP contribution is 2.27.